The van der Waals surface area contributed by atoms with E-state index in [1.807, 2.05) is 35.2 Å². The normalized spacial score (nSPS) is 14.9. The topological polar surface area (TPSA) is 94.4 Å². The largest absolute Gasteiger partial charge is 0.461 e. The first-order valence-electron chi connectivity index (χ1n) is 11.1. The Morgan fingerprint density at radius 2 is 1.62 bits per heavy atom. The molecular weight excluding hydrogens is 452 g/mol. The minimum Gasteiger partial charge on any atom is -0.461 e. The van der Waals surface area contributed by atoms with Crippen molar-refractivity contribution in [1.82, 2.24) is 14.2 Å². The predicted molar refractivity (Wildman–Crippen MR) is 128 cm³/mol. The van der Waals surface area contributed by atoms with E-state index in [0.717, 1.165) is 9.65 Å². The van der Waals surface area contributed by atoms with E-state index in [2.05, 4.69) is 10.1 Å². The second-order valence-corrected chi connectivity index (χ2v) is 9.98. The number of hydrogen-bond acceptors (Lipinski definition) is 7. The molecule has 4 aromatic rings. The van der Waals surface area contributed by atoms with E-state index < -0.39 is 10.0 Å². The van der Waals surface area contributed by atoms with Crippen LogP contribution in [-0.2, 0) is 26.2 Å². The van der Waals surface area contributed by atoms with Crippen molar-refractivity contribution in [2.75, 3.05) is 18.0 Å². The lowest BCUT2D eigenvalue weighted by Crippen LogP contribution is -2.37. The second-order valence-electron chi connectivity index (χ2n) is 8.21. The van der Waals surface area contributed by atoms with Crippen molar-refractivity contribution in [2.24, 2.45) is 5.92 Å². The lowest BCUT2D eigenvalue weighted by molar-refractivity contribution is -0.150. The molecule has 0 spiro atoms. The number of anilines is 1. The molecule has 34 heavy (non-hydrogen) atoms. The Labute approximate surface area is 197 Å². The highest BCUT2D eigenvalue weighted by atomic mass is 32.2. The van der Waals surface area contributed by atoms with Crippen LogP contribution in [0.15, 0.2) is 83.9 Å². The average Bonchev–Trinajstić information content (AvgIpc) is 3.29. The number of rotatable bonds is 6. The molecular formula is C25H24N4O4S. The summed E-state index contributed by atoms with van der Waals surface area (Å²) in [6.07, 6.45) is 2.82. The molecule has 2 aromatic heterocycles. The number of carbonyl (C=O) groups is 1. The number of fused-ring (bicyclic) bond motifs is 1. The molecule has 1 aliphatic heterocycles. The minimum absolute atomic E-state index is 0.162. The summed E-state index contributed by atoms with van der Waals surface area (Å²) >= 11 is 0. The maximum atomic E-state index is 13.3. The van der Waals surface area contributed by atoms with Gasteiger partial charge in [0.15, 0.2) is 5.82 Å². The summed E-state index contributed by atoms with van der Waals surface area (Å²) in [7, 11) is -3.88. The van der Waals surface area contributed by atoms with Gasteiger partial charge in [-0.25, -0.2) is 0 Å². The summed E-state index contributed by atoms with van der Waals surface area (Å²) in [5, 5.41) is 4.48. The maximum Gasteiger partial charge on any atom is 0.309 e. The highest BCUT2D eigenvalue weighted by molar-refractivity contribution is 7.90. The number of carbonyl (C=O) groups excluding carboxylic acids is 1. The van der Waals surface area contributed by atoms with Crippen molar-refractivity contribution < 1.29 is 17.9 Å². The molecule has 8 nitrogen and oxygen atoms in total. The number of nitrogens with zero attached hydrogens (tertiary/aromatic N) is 4. The Kier molecular flexibility index (Phi) is 6.02. The fourth-order valence-electron chi connectivity index (χ4n) is 4.17. The van der Waals surface area contributed by atoms with Gasteiger partial charge in [0.2, 0.25) is 0 Å². The van der Waals surface area contributed by atoms with Crippen LogP contribution in [0.1, 0.15) is 18.4 Å². The SMILES string of the molecule is O=C(OCc1ccccc1)C1CCN(c2nn(S(=O)(=O)c3ccccc3)c3cccnc23)CC1. The van der Waals surface area contributed by atoms with Crippen LogP contribution < -0.4 is 4.90 Å². The molecule has 0 aliphatic carbocycles. The summed E-state index contributed by atoms with van der Waals surface area (Å²) in [6, 6.07) is 21.2. The summed E-state index contributed by atoms with van der Waals surface area (Å²) in [4.78, 5) is 19.1. The highest BCUT2D eigenvalue weighted by Gasteiger charge is 2.30. The summed E-state index contributed by atoms with van der Waals surface area (Å²) in [6.45, 7) is 1.37. The lowest BCUT2D eigenvalue weighted by atomic mass is 9.97. The first-order chi connectivity index (χ1) is 16.5. The number of esters is 1. The molecule has 1 saturated heterocycles. The predicted octanol–water partition coefficient (Wildman–Crippen LogP) is 3.63. The van der Waals surface area contributed by atoms with Crippen LogP contribution in [0.4, 0.5) is 5.82 Å². The Hall–Kier alpha value is -3.72. The average molecular weight is 477 g/mol. The van der Waals surface area contributed by atoms with Crippen LogP contribution in [0.2, 0.25) is 0 Å². The lowest BCUT2D eigenvalue weighted by Gasteiger charge is -2.30. The Morgan fingerprint density at radius 1 is 0.941 bits per heavy atom. The van der Waals surface area contributed by atoms with Crippen molar-refractivity contribution in [3.8, 4) is 0 Å². The third-order valence-corrected chi connectivity index (χ3v) is 7.61. The molecule has 0 N–H and O–H groups in total. The molecule has 0 unspecified atom stereocenters. The van der Waals surface area contributed by atoms with Gasteiger partial charge in [0.25, 0.3) is 10.0 Å². The van der Waals surface area contributed by atoms with E-state index in [1.54, 1.807) is 48.7 Å². The standard InChI is InChI=1S/C25H24N4O4S/c30-25(33-18-19-8-3-1-4-9-19)20-13-16-28(17-14-20)24-23-22(12-7-15-26-23)29(27-24)34(31,32)21-10-5-2-6-11-21/h1-12,15,20H,13-14,16-18H2. The van der Waals surface area contributed by atoms with E-state index in [0.29, 0.717) is 42.8 Å². The fourth-order valence-corrected chi connectivity index (χ4v) is 5.46. The summed E-state index contributed by atoms with van der Waals surface area (Å²) in [5.41, 5.74) is 1.90. The van der Waals surface area contributed by atoms with E-state index in [-0.39, 0.29) is 23.4 Å². The van der Waals surface area contributed by atoms with E-state index in [1.165, 1.54) is 0 Å². The van der Waals surface area contributed by atoms with Crippen LogP contribution in [0.5, 0.6) is 0 Å². The van der Waals surface area contributed by atoms with Crippen LogP contribution in [0, 0.1) is 5.92 Å². The summed E-state index contributed by atoms with van der Waals surface area (Å²) < 4.78 is 33.1. The molecule has 5 rings (SSSR count). The molecule has 0 atom stereocenters. The zero-order chi connectivity index (χ0) is 23.5. The first kappa shape index (κ1) is 22.1. The van der Waals surface area contributed by atoms with Crippen LogP contribution in [0.25, 0.3) is 11.0 Å². The zero-order valence-corrected chi connectivity index (χ0v) is 19.3. The van der Waals surface area contributed by atoms with Gasteiger partial charge in [-0.2, -0.15) is 8.42 Å². The zero-order valence-electron chi connectivity index (χ0n) is 18.4. The van der Waals surface area contributed by atoms with Crippen LogP contribution in [0.3, 0.4) is 0 Å². The van der Waals surface area contributed by atoms with Gasteiger partial charge < -0.3 is 9.64 Å². The Morgan fingerprint density at radius 3 is 2.32 bits per heavy atom. The third kappa shape index (κ3) is 4.26. The van der Waals surface area contributed by atoms with Crippen LogP contribution >= 0.6 is 0 Å². The molecule has 1 fully saturated rings. The van der Waals surface area contributed by atoms with Gasteiger partial charge in [-0.15, -0.1) is 9.19 Å². The molecule has 0 amide bonds. The number of ether oxygens (including phenoxy) is 1. The fraction of sp³-hybridized carbons (Fsp3) is 0.240. The Bertz CT molecular complexity index is 1400. The Balaban J connectivity index is 1.33. The van der Waals surface area contributed by atoms with Gasteiger partial charge in [0.05, 0.1) is 10.8 Å². The number of benzene rings is 2. The smallest absolute Gasteiger partial charge is 0.309 e. The van der Waals surface area contributed by atoms with Gasteiger partial charge in [0.1, 0.15) is 17.6 Å². The monoisotopic (exact) mass is 476 g/mol. The van der Waals surface area contributed by atoms with Gasteiger partial charge in [-0.1, -0.05) is 48.5 Å². The molecule has 0 radical (unpaired) electrons. The van der Waals surface area contributed by atoms with Crippen molar-refractivity contribution in [3.05, 3.63) is 84.6 Å². The molecule has 2 aromatic carbocycles. The molecule has 0 saturated carbocycles. The number of piperidine rings is 1. The summed E-state index contributed by atoms with van der Waals surface area (Å²) in [5.74, 6) is 0.101. The van der Waals surface area contributed by atoms with Crippen molar-refractivity contribution in [2.45, 2.75) is 24.3 Å². The second kappa shape index (κ2) is 9.26. The van der Waals surface area contributed by atoms with E-state index >= 15 is 0 Å². The molecule has 1 aliphatic rings. The first-order valence-corrected chi connectivity index (χ1v) is 12.6. The van der Waals surface area contributed by atoms with Gasteiger partial charge in [-0.3, -0.25) is 9.78 Å². The quantitative estimate of drug-likeness (QED) is 0.392. The maximum absolute atomic E-state index is 13.3. The molecule has 3 heterocycles. The minimum atomic E-state index is -3.88. The van der Waals surface area contributed by atoms with E-state index in [4.69, 9.17) is 4.74 Å². The van der Waals surface area contributed by atoms with Crippen molar-refractivity contribution >= 4 is 32.8 Å². The molecule has 0 bridgehead atoms. The highest BCUT2D eigenvalue weighted by Crippen LogP contribution is 2.30. The molecule has 174 valence electrons. The number of pyridine rings is 1. The number of aromatic nitrogens is 3. The third-order valence-electron chi connectivity index (χ3n) is 6.01. The van der Waals surface area contributed by atoms with Crippen molar-refractivity contribution in [1.29, 1.82) is 0 Å². The van der Waals surface area contributed by atoms with Gasteiger partial charge in [0, 0.05) is 19.3 Å². The van der Waals surface area contributed by atoms with Crippen molar-refractivity contribution in [3.63, 3.8) is 0 Å². The number of hydrogen-bond donors (Lipinski definition) is 0. The van der Waals surface area contributed by atoms with Crippen LogP contribution in [-0.4, -0.2) is 41.6 Å². The molecule has 9 heteroatoms. The van der Waals surface area contributed by atoms with Gasteiger partial charge in [-0.05, 0) is 42.7 Å². The van der Waals surface area contributed by atoms with E-state index in [9.17, 15) is 13.2 Å². The van der Waals surface area contributed by atoms with Gasteiger partial charge >= 0.3 is 5.97 Å².